The number of ketones is 1. The molecular formula is C21H13NO. The van der Waals surface area contributed by atoms with Crippen LogP contribution in [0.15, 0.2) is 78.9 Å². The first-order chi connectivity index (χ1) is 11.3. The SMILES string of the molecule is N#CC1(c2ccccc2)c2ccccc2C(=O)c2ccccc21. The summed E-state index contributed by atoms with van der Waals surface area (Å²) in [5.74, 6) is -0.0157. The fourth-order valence-electron chi connectivity index (χ4n) is 3.49. The van der Waals surface area contributed by atoms with E-state index in [0.29, 0.717) is 11.1 Å². The third-order valence-corrected chi connectivity index (χ3v) is 4.53. The third-order valence-electron chi connectivity index (χ3n) is 4.53. The smallest absolute Gasteiger partial charge is 0.193 e. The molecule has 0 N–H and O–H groups in total. The van der Waals surface area contributed by atoms with Gasteiger partial charge >= 0.3 is 0 Å². The Balaban J connectivity index is 2.18. The Morgan fingerprint density at radius 3 is 1.70 bits per heavy atom. The average molecular weight is 295 g/mol. The predicted molar refractivity (Wildman–Crippen MR) is 88.3 cm³/mol. The van der Waals surface area contributed by atoms with Gasteiger partial charge in [0.05, 0.1) is 6.07 Å². The molecule has 0 aliphatic heterocycles. The molecule has 0 radical (unpaired) electrons. The van der Waals surface area contributed by atoms with Gasteiger partial charge < -0.3 is 0 Å². The zero-order valence-electron chi connectivity index (χ0n) is 12.4. The molecule has 108 valence electrons. The summed E-state index contributed by atoms with van der Waals surface area (Å²) >= 11 is 0. The molecule has 2 heteroatoms. The topological polar surface area (TPSA) is 40.9 Å². The lowest BCUT2D eigenvalue weighted by atomic mass is 9.63. The van der Waals surface area contributed by atoms with Crippen molar-refractivity contribution in [3.63, 3.8) is 0 Å². The van der Waals surface area contributed by atoms with E-state index in [1.807, 2.05) is 78.9 Å². The van der Waals surface area contributed by atoms with Gasteiger partial charge in [-0.1, -0.05) is 78.9 Å². The summed E-state index contributed by atoms with van der Waals surface area (Å²) in [4.78, 5) is 12.8. The summed E-state index contributed by atoms with van der Waals surface area (Å²) in [5.41, 5.74) is 2.67. The summed E-state index contributed by atoms with van der Waals surface area (Å²) in [7, 11) is 0. The predicted octanol–water partition coefficient (Wildman–Crippen LogP) is 4.09. The van der Waals surface area contributed by atoms with E-state index in [0.717, 1.165) is 16.7 Å². The molecule has 2 nitrogen and oxygen atoms in total. The zero-order chi connectivity index (χ0) is 15.9. The molecule has 0 saturated heterocycles. The molecule has 0 amide bonds. The van der Waals surface area contributed by atoms with Gasteiger partial charge in [0.1, 0.15) is 5.41 Å². The highest BCUT2D eigenvalue weighted by Gasteiger charge is 2.45. The molecule has 23 heavy (non-hydrogen) atoms. The summed E-state index contributed by atoms with van der Waals surface area (Å²) in [6.07, 6.45) is 0. The van der Waals surface area contributed by atoms with E-state index in [1.54, 1.807) is 0 Å². The largest absolute Gasteiger partial charge is 0.289 e. The van der Waals surface area contributed by atoms with Gasteiger partial charge in [0.2, 0.25) is 0 Å². The number of rotatable bonds is 1. The van der Waals surface area contributed by atoms with Crippen LogP contribution >= 0.6 is 0 Å². The molecule has 3 aromatic rings. The van der Waals surface area contributed by atoms with Crippen LogP contribution in [0.5, 0.6) is 0 Å². The Labute approximate surface area is 134 Å². The molecule has 4 rings (SSSR count). The first-order valence-corrected chi connectivity index (χ1v) is 7.49. The van der Waals surface area contributed by atoms with Crippen LogP contribution in [0.3, 0.4) is 0 Å². The fourth-order valence-corrected chi connectivity index (χ4v) is 3.49. The van der Waals surface area contributed by atoms with Crippen LogP contribution in [0.25, 0.3) is 0 Å². The fraction of sp³-hybridized carbons (Fsp3) is 0.0476. The van der Waals surface area contributed by atoms with Crippen molar-refractivity contribution in [1.82, 2.24) is 0 Å². The molecule has 0 atom stereocenters. The Bertz CT molecular complexity index is 901. The maximum Gasteiger partial charge on any atom is 0.193 e. The minimum atomic E-state index is -0.956. The van der Waals surface area contributed by atoms with Gasteiger partial charge in [0.25, 0.3) is 0 Å². The van der Waals surface area contributed by atoms with Crippen LogP contribution in [-0.2, 0) is 5.41 Å². The molecule has 3 aromatic carbocycles. The summed E-state index contributed by atoms with van der Waals surface area (Å²) in [6.45, 7) is 0. The second-order valence-corrected chi connectivity index (χ2v) is 5.65. The van der Waals surface area contributed by atoms with Crippen molar-refractivity contribution in [3.8, 4) is 6.07 Å². The normalized spacial score (nSPS) is 14.5. The quantitative estimate of drug-likeness (QED) is 0.678. The van der Waals surface area contributed by atoms with Crippen molar-refractivity contribution in [2.45, 2.75) is 5.41 Å². The number of hydrogen-bond donors (Lipinski definition) is 0. The number of benzene rings is 3. The summed E-state index contributed by atoms with van der Waals surface area (Å²) in [5, 5.41) is 10.2. The van der Waals surface area contributed by atoms with Crippen molar-refractivity contribution < 1.29 is 4.79 Å². The monoisotopic (exact) mass is 295 g/mol. The lowest BCUT2D eigenvalue weighted by Crippen LogP contribution is -2.35. The van der Waals surface area contributed by atoms with E-state index in [1.165, 1.54) is 0 Å². The van der Waals surface area contributed by atoms with Crippen molar-refractivity contribution in [2.24, 2.45) is 0 Å². The highest BCUT2D eigenvalue weighted by Crippen LogP contribution is 2.45. The van der Waals surface area contributed by atoms with E-state index in [9.17, 15) is 10.1 Å². The number of fused-ring (bicyclic) bond motifs is 2. The van der Waals surface area contributed by atoms with Gasteiger partial charge in [0.15, 0.2) is 5.78 Å². The highest BCUT2D eigenvalue weighted by molar-refractivity contribution is 6.13. The van der Waals surface area contributed by atoms with Crippen molar-refractivity contribution in [3.05, 3.63) is 107 Å². The molecule has 0 unspecified atom stereocenters. The zero-order valence-corrected chi connectivity index (χ0v) is 12.4. The molecule has 0 spiro atoms. The van der Waals surface area contributed by atoms with Gasteiger partial charge in [-0.15, -0.1) is 0 Å². The Morgan fingerprint density at radius 1 is 0.696 bits per heavy atom. The summed E-state index contributed by atoms with van der Waals surface area (Å²) in [6, 6.07) is 27.1. The van der Waals surface area contributed by atoms with Gasteiger partial charge in [-0.3, -0.25) is 4.79 Å². The molecule has 0 saturated carbocycles. The van der Waals surface area contributed by atoms with Gasteiger partial charge in [-0.2, -0.15) is 5.26 Å². The minimum Gasteiger partial charge on any atom is -0.289 e. The van der Waals surface area contributed by atoms with E-state index in [-0.39, 0.29) is 5.78 Å². The van der Waals surface area contributed by atoms with Crippen molar-refractivity contribution in [1.29, 1.82) is 5.26 Å². The molecule has 0 aromatic heterocycles. The average Bonchev–Trinajstić information content (AvgIpc) is 2.64. The molecule has 1 aliphatic rings. The van der Waals surface area contributed by atoms with Crippen LogP contribution in [0.1, 0.15) is 32.6 Å². The van der Waals surface area contributed by atoms with Gasteiger partial charge in [0, 0.05) is 11.1 Å². The van der Waals surface area contributed by atoms with Crippen LogP contribution in [0, 0.1) is 11.3 Å². The number of carbonyl (C=O) groups excluding carboxylic acids is 1. The molecule has 0 bridgehead atoms. The number of nitriles is 1. The van der Waals surface area contributed by atoms with Crippen LogP contribution < -0.4 is 0 Å². The number of carbonyl (C=O) groups is 1. The third kappa shape index (κ3) is 1.71. The molecule has 0 heterocycles. The highest BCUT2D eigenvalue weighted by atomic mass is 16.1. The first kappa shape index (κ1) is 13.5. The minimum absolute atomic E-state index is 0.0157. The van der Waals surface area contributed by atoms with Crippen LogP contribution in [0.2, 0.25) is 0 Å². The number of nitrogens with zero attached hydrogens (tertiary/aromatic N) is 1. The van der Waals surface area contributed by atoms with Crippen LogP contribution in [0.4, 0.5) is 0 Å². The molecule has 0 fully saturated rings. The Hall–Kier alpha value is -3.18. The van der Waals surface area contributed by atoms with E-state index in [4.69, 9.17) is 0 Å². The van der Waals surface area contributed by atoms with Crippen LogP contribution in [-0.4, -0.2) is 5.78 Å². The van der Waals surface area contributed by atoms with E-state index < -0.39 is 5.41 Å². The second-order valence-electron chi connectivity index (χ2n) is 5.65. The van der Waals surface area contributed by atoms with Gasteiger partial charge in [-0.05, 0) is 16.7 Å². The lowest BCUT2D eigenvalue weighted by Gasteiger charge is -2.35. The van der Waals surface area contributed by atoms with Crippen molar-refractivity contribution >= 4 is 5.78 Å². The summed E-state index contributed by atoms with van der Waals surface area (Å²) < 4.78 is 0. The standard InChI is InChI=1S/C21H13NO/c22-14-21(15-8-2-1-3-9-15)18-12-6-4-10-16(18)20(23)17-11-5-7-13-19(17)21/h1-13H. The Morgan fingerprint density at radius 2 is 1.17 bits per heavy atom. The second kappa shape index (κ2) is 4.93. The van der Waals surface area contributed by atoms with E-state index >= 15 is 0 Å². The van der Waals surface area contributed by atoms with E-state index in [2.05, 4.69) is 6.07 Å². The first-order valence-electron chi connectivity index (χ1n) is 7.49. The maximum absolute atomic E-state index is 12.8. The maximum atomic E-state index is 12.8. The molecular weight excluding hydrogens is 282 g/mol. The lowest BCUT2D eigenvalue weighted by molar-refractivity contribution is 0.103. The Kier molecular flexibility index (Phi) is 2.89. The molecule has 1 aliphatic carbocycles. The van der Waals surface area contributed by atoms with Crippen molar-refractivity contribution in [2.75, 3.05) is 0 Å². The number of hydrogen-bond acceptors (Lipinski definition) is 2. The van der Waals surface area contributed by atoms with Gasteiger partial charge in [-0.25, -0.2) is 0 Å².